The van der Waals surface area contributed by atoms with Gasteiger partial charge in [0.2, 0.25) is 17.7 Å². The zero-order valence-electron chi connectivity index (χ0n) is 14.6. The number of hydrogen-bond acceptors (Lipinski definition) is 5. The van der Waals surface area contributed by atoms with Crippen LogP contribution in [0.3, 0.4) is 0 Å². The number of hydrogen-bond donors (Lipinski definition) is 0. The van der Waals surface area contributed by atoms with Crippen molar-refractivity contribution in [1.82, 2.24) is 4.90 Å². The Labute approximate surface area is 141 Å². The van der Waals surface area contributed by atoms with Gasteiger partial charge >= 0.3 is 0 Å². The minimum absolute atomic E-state index is 0.197. The fourth-order valence-electron chi connectivity index (χ4n) is 2.39. The van der Waals surface area contributed by atoms with Crippen molar-refractivity contribution in [2.24, 2.45) is 5.41 Å². The third-order valence-corrected chi connectivity index (χ3v) is 3.72. The van der Waals surface area contributed by atoms with E-state index in [4.69, 9.17) is 9.47 Å². The van der Waals surface area contributed by atoms with Crippen LogP contribution < -0.4 is 14.4 Å². The van der Waals surface area contributed by atoms with E-state index in [9.17, 15) is 14.4 Å². The van der Waals surface area contributed by atoms with Crippen molar-refractivity contribution in [3.05, 3.63) is 18.2 Å². The van der Waals surface area contributed by atoms with Gasteiger partial charge in [-0.3, -0.25) is 19.3 Å². The van der Waals surface area contributed by atoms with Crippen molar-refractivity contribution < 1.29 is 23.9 Å². The van der Waals surface area contributed by atoms with Crippen LogP contribution in [0.4, 0.5) is 5.69 Å². The highest BCUT2D eigenvalue weighted by atomic mass is 16.5. The summed E-state index contributed by atoms with van der Waals surface area (Å²) in [4.78, 5) is 39.5. The maximum absolute atomic E-state index is 12.5. The first-order chi connectivity index (χ1) is 11.2. The number of amides is 3. The van der Waals surface area contributed by atoms with E-state index in [1.807, 2.05) is 0 Å². The van der Waals surface area contributed by atoms with E-state index in [1.54, 1.807) is 39.0 Å². The molecule has 0 bridgehead atoms. The number of ether oxygens (including phenoxy) is 2. The molecule has 1 aromatic rings. The first kappa shape index (κ1) is 17.8. The normalized spacial score (nSPS) is 15.5. The Hall–Kier alpha value is -2.57. The number of carbonyl (C=O) groups is 3. The quantitative estimate of drug-likeness (QED) is 0.836. The number of benzene rings is 1. The van der Waals surface area contributed by atoms with Crippen molar-refractivity contribution in [2.75, 3.05) is 32.2 Å². The SMILES string of the molecule is COc1cc(OC)cc(N2CC(=O)N(C(=O)C(C)(C)C)CC2=O)c1. The van der Waals surface area contributed by atoms with Gasteiger partial charge in [0, 0.05) is 23.6 Å². The van der Waals surface area contributed by atoms with Crippen LogP contribution in [0, 0.1) is 5.41 Å². The molecule has 0 radical (unpaired) electrons. The van der Waals surface area contributed by atoms with E-state index < -0.39 is 11.3 Å². The molecular weight excluding hydrogens is 312 g/mol. The molecule has 2 rings (SSSR count). The van der Waals surface area contributed by atoms with Gasteiger partial charge in [-0.1, -0.05) is 20.8 Å². The Bertz CT molecular complexity index is 656. The first-order valence-electron chi connectivity index (χ1n) is 7.55. The van der Waals surface area contributed by atoms with E-state index in [0.717, 1.165) is 4.90 Å². The van der Waals surface area contributed by atoms with Gasteiger partial charge in [0.1, 0.15) is 24.6 Å². The van der Waals surface area contributed by atoms with Gasteiger partial charge in [-0.2, -0.15) is 0 Å². The molecule has 1 saturated heterocycles. The number of methoxy groups -OCH3 is 2. The summed E-state index contributed by atoms with van der Waals surface area (Å²) < 4.78 is 10.4. The van der Waals surface area contributed by atoms with Crippen molar-refractivity contribution in [2.45, 2.75) is 20.8 Å². The summed E-state index contributed by atoms with van der Waals surface area (Å²) in [5.74, 6) is -0.0712. The van der Waals surface area contributed by atoms with Gasteiger partial charge < -0.3 is 14.4 Å². The van der Waals surface area contributed by atoms with E-state index in [0.29, 0.717) is 17.2 Å². The third kappa shape index (κ3) is 3.50. The lowest BCUT2D eigenvalue weighted by atomic mass is 9.94. The molecule has 1 fully saturated rings. The minimum atomic E-state index is -0.725. The maximum atomic E-state index is 12.5. The predicted molar refractivity (Wildman–Crippen MR) is 88.1 cm³/mol. The second-order valence-electron chi connectivity index (χ2n) is 6.59. The predicted octanol–water partition coefficient (Wildman–Crippen LogP) is 1.45. The summed E-state index contributed by atoms with van der Waals surface area (Å²) in [6.45, 7) is 4.68. The number of nitrogens with zero attached hydrogens (tertiary/aromatic N) is 2. The molecule has 7 nitrogen and oxygen atoms in total. The summed E-state index contributed by atoms with van der Waals surface area (Å²) in [7, 11) is 3.01. The van der Waals surface area contributed by atoms with Crippen LogP contribution in [0.2, 0.25) is 0 Å². The fourth-order valence-corrected chi connectivity index (χ4v) is 2.39. The molecule has 7 heteroatoms. The van der Waals surface area contributed by atoms with Crippen molar-refractivity contribution in [1.29, 1.82) is 0 Å². The number of anilines is 1. The molecule has 0 N–H and O–H groups in total. The molecule has 0 aromatic heterocycles. The summed E-state index contributed by atoms with van der Waals surface area (Å²) >= 11 is 0. The Balaban J connectivity index is 2.29. The molecule has 24 heavy (non-hydrogen) atoms. The van der Waals surface area contributed by atoms with E-state index >= 15 is 0 Å². The number of imide groups is 1. The summed E-state index contributed by atoms with van der Waals surface area (Å²) in [6, 6.07) is 4.97. The van der Waals surface area contributed by atoms with Gasteiger partial charge in [-0.15, -0.1) is 0 Å². The zero-order chi connectivity index (χ0) is 18.1. The molecular formula is C17H22N2O5. The molecule has 0 spiro atoms. The van der Waals surface area contributed by atoms with Crippen LogP contribution in [0.1, 0.15) is 20.8 Å². The minimum Gasteiger partial charge on any atom is -0.497 e. The Kier molecular flexibility index (Phi) is 4.82. The Morgan fingerprint density at radius 1 is 0.958 bits per heavy atom. The molecule has 0 atom stereocenters. The summed E-state index contributed by atoms with van der Waals surface area (Å²) in [5.41, 5.74) is -0.232. The number of piperazine rings is 1. The Morgan fingerprint density at radius 2 is 1.50 bits per heavy atom. The van der Waals surface area contributed by atoms with Gasteiger partial charge in [-0.25, -0.2) is 0 Å². The van der Waals surface area contributed by atoms with Crippen molar-refractivity contribution in [3.8, 4) is 11.5 Å². The molecule has 3 amide bonds. The molecule has 1 aliphatic heterocycles. The second kappa shape index (κ2) is 6.51. The summed E-state index contributed by atoms with van der Waals surface area (Å²) in [6.07, 6.45) is 0. The largest absolute Gasteiger partial charge is 0.497 e. The lowest BCUT2D eigenvalue weighted by molar-refractivity contribution is -0.154. The van der Waals surface area contributed by atoms with Crippen LogP contribution in [0.15, 0.2) is 18.2 Å². The van der Waals surface area contributed by atoms with Crippen LogP contribution in [0.5, 0.6) is 11.5 Å². The third-order valence-electron chi connectivity index (χ3n) is 3.72. The van der Waals surface area contributed by atoms with Crippen LogP contribution in [-0.2, 0) is 14.4 Å². The monoisotopic (exact) mass is 334 g/mol. The number of rotatable bonds is 3. The summed E-state index contributed by atoms with van der Waals surface area (Å²) in [5, 5.41) is 0. The lowest BCUT2D eigenvalue weighted by Crippen LogP contribution is -2.57. The van der Waals surface area contributed by atoms with E-state index in [2.05, 4.69) is 0 Å². The highest BCUT2D eigenvalue weighted by Gasteiger charge is 2.38. The van der Waals surface area contributed by atoms with Crippen molar-refractivity contribution in [3.63, 3.8) is 0 Å². The number of carbonyl (C=O) groups excluding carboxylic acids is 3. The average molecular weight is 334 g/mol. The molecule has 130 valence electrons. The molecule has 0 unspecified atom stereocenters. The first-order valence-corrected chi connectivity index (χ1v) is 7.55. The smallest absolute Gasteiger partial charge is 0.249 e. The second-order valence-corrected chi connectivity index (χ2v) is 6.59. The molecule has 1 heterocycles. The van der Waals surface area contributed by atoms with Crippen molar-refractivity contribution >= 4 is 23.4 Å². The van der Waals surface area contributed by atoms with Gasteiger partial charge in [0.05, 0.1) is 19.9 Å². The average Bonchev–Trinajstić information content (AvgIpc) is 2.54. The van der Waals surface area contributed by atoms with Crippen LogP contribution in [0.25, 0.3) is 0 Å². The topological polar surface area (TPSA) is 76.2 Å². The fraction of sp³-hybridized carbons (Fsp3) is 0.471. The molecule has 1 aromatic carbocycles. The molecule has 0 aliphatic carbocycles. The van der Waals surface area contributed by atoms with Gasteiger partial charge in [0.25, 0.3) is 0 Å². The standard InChI is InChI=1S/C17H22N2O5/c1-17(2,3)16(22)19-10-14(20)18(9-15(19)21)11-6-12(23-4)8-13(7-11)24-5/h6-8H,9-10H2,1-5H3. The van der Waals surface area contributed by atoms with Gasteiger partial charge in [-0.05, 0) is 0 Å². The van der Waals surface area contributed by atoms with E-state index in [1.165, 1.54) is 19.1 Å². The lowest BCUT2D eigenvalue weighted by Gasteiger charge is -2.35. The molecule has 0 saturated carbocycles. The van der Waals surface area contributed by atoms with Gasteiger partial charge in [0.15, 0.2) is 0 Å². The highest BCUT2D eigenvalue weighted by Crippen LogP contribution is 2.30. The molecule has 1 aliphatic rings. The zero-order valence-corrected chi connectivity index (χ0v) is 14.6. The highest BCUT2D eigenvalue weighted by molar-refractivity contribution is 6.11. The van der Waals surface area contributed by atoms with E-state index in [-0.39, 0.29) is 24.9 Å². The Morgan fingerprint density at radius 3 is 1.96 bits per heavy atom. The maximum Gasteiger partial charge on any atom is 0.249 e. The van der Waals surface area contributed by atoms with Crippen LogP contribution in [-0.4, -0.2) is 49.9 Å². The van der Waals surface area contributed by atoms with Crippen LogP contribution >= 0.6 is 0 Å².